The normalized spacial score (nSPS) is 32.2. The van der Waals surface area contributed by atoms with Gasteiger partial charge in [0.2, 0.25) is 0 Å². The Kier molecular flexibility index (Phi) is 2.68. The highest BCUT2D eigenvalue weighted by molar-refractivity contribution is 5.84. The summed E-state index contributed by atoms with van der Waals surface area (Å²) in [5.41, 5.74) is 0.792. The summed E-state index contributed by atoms with van der Waals surface area (Å²) in [5.74, 6) is -2.79. The first-order valence-electron chi connectivity index (χ1n) is 5.26. The smallest absolute Gasteiger partial charge is 0.361 e. The second kappa shape index (κ2) is 3.87. The summed E-state index contributed by atoms with van der Waals surface area (Å²) >= 11 is 0. The van der Waals surface area contributed by atoms with E-state index in [9.17, 15) is 9.18 Å². The van der Waals surface area contributed by atoms with Crippen LogP contribution in [-0.2, 0) is 9.53 Å². The molecule has 0 bridgehead atoms. The Hall–Kier alpha value is -1.42. The van der Waals surface area contributed by atoms with Gasteiger partial charge in [-0.2, -0.15) is 0 Å². The zero-order valence-electron chi connectivity index (χ0n) is 9.31. The molecule has 0 aromatic heterocycles. The van der Waals surface area contributed by atoms with Gasteiger partial charge in [0.25, 0.3) is 5.79 Å². The number of ether oxygens (including phenoxy) is 1. The Morgan fingerprint density at radius 3 is 2.69 bits per heavy atom. The summed E-state index contributed by atoms with van der Waals surface area (Å²) in [6.07, 6.45) is 0. The second-order valence-corrected chi connectivity index (χ2v) is 3.82. The molecule has 1 saturated heterocycles. The van der Waals surface area contributed by atoms with Crippen LogP contribution in [0, 0.1) is 0 Å². The minimum absolute atomic E-state index is 0.194. The molecule has 1 fully saturated rings. The molecule has 3 unspecified atom stereocenters. The second-order valence-electron chi connectivity index (χ2n) is 3.82. The van der Waals surface area contributed by atoms with Gasteiger partial charge in [0.15, 0.2) is 0 Å². The Labute approximate surface area is 93.8 Å². The molecule has 0 saturated carbocycles. The highest BCUT2D eigenvalue weighted by atomic mass is 19.2. The van der Waals surface area contributed by atoms with Crippen molar-refractivity contribution in [1.82, 2.24) is 4.90 Å². The first-order valence-corrected chi connectivity index (χ1v) is 5.26. The van der Waals surface area contributed by atoms with Gasteiger partial charge in [-0.3, -0.25) is 4.90 Å². The van der Waals surface area contributed by atoms with E-state index in [-0.39, 0.29) is 6.61 Å². The molecule has 0 radical (unpaired) electrons. The van der Waals surface area contributed by atoms with Crippen LogP contribution in [0.4, 0.5) is 4.39 Å². The minimum Gasteiger partial charge on any atom is -0.463 e. The molecular weight excluding hydrogens is 209 g/mol. The molecule has 2 rings (SSSR count). The summed E-state index contributed by atoms with van der Waals surface area (Å²) in [6.45, 7) is 1.86. The lowest BCUT2D eigenvalue weighted by Crippen LogP contribution is -2.26. The number of rotatable bonds is 3. The molecule has 1 aromatic carbocycles. The molecular formula is C12H14FNO2. The average molecular weight is 223 g/mol. The fourth-order valence-electron chi connectivity index (χ4n) is 1.95. The topological polar surface area (TPSA) is 29.3 Å². The molecule has 1 heterocycles. The number of halogens is 1. The van der Waals surface area contributed by atoms with Crippen molar-refractivity contribution >= 4 is 5.97 Å². The van der Waals surface area contributed by atoms with Crippen LogP contribution >= 0.6 is 0 Å². The highest BCUT2D eigenvalue weighted by Crippen LogP contribution is 2.53. The summed E-state index contributed by atoms with van der Waals surface area (Å²) in [4.78, 5) is 12.9. The number of nitrogens with zero attached hydrogens (tertiary/aromatic N) is 1. The number of esters is 1. The van der Waals surface area contributed by atoms with Gasteiger partial charge in [-0.15, -0.1) is 0 Å². The van der Waals surface area contributed by atoms with Crippen LogP contribution in [0.1, 0.15) is 18.5 Å². The average Bonchev–Trinajstić information content (AvgIpc) is 2.85. The van der Waals surface area contributed by atoms with Gasteiger partial charge in [0, 0.05) is 0 Å². The van der Waals surface area contributed by atoms with E-state index in [4.69, 9.17) is 4.74 Å². The molecule has 4 heteroatoms. The maximum atomic E-state index is 14.3. The molecule has 3 atom stereocenters. The molecule has 1 aliphatic heterocycles. The van der Waals surface area contributed by atoms with E-state index in [1.165, 1.54) is 4.90 Å². The first kappa shape index (κ1) is 11.1. The van der Waals surface area contributed by atoms with E-state index < -0.39 is 17.8 Å². The molecule has 1 aromatic rings. The van der Waals surface area contributed by atoms with Gasteiger partial charge in [-0.1, -0.05) is 30.3 Å². The predicted molar refractivity (Wildman–Crippen MR) is 57.4 cm³/mol. The molecule has 0 spiro atoms. The van der Waals surface area contributed by atoms with Gasteiger partial charge >= 0.3 is 5.97 Å². The van der Waals surface area contributed by atoms with E-state index in [0.29, 0.717) is 0 Å². The minimum atomic E-state index is -1.99. The van der Waals surface area contributed by atoms with Crippen molar-refractivity contribution in [2.75, 3.05) is 13.7 Å². The van der Waals surface area contributed by atoms with Gasteiger partial charge in [-0.05, 0) is 19.5 Å². The lowest BCUT2D eigenvalue weighted by molar-refractivity contribution is -0.153. The van der Waals surface area contributed by atoms with Crippen molar-refractivity contribution in [1.29, 1.82) is 0 Å². The third-order valence-corrected chi connectivity index (χ3v) is 2.87. The van der Waals surface area contributed by atoms with Crippen molar-refractivity contribution < 1.29 is 13.9 Å². The van der Waals surface area contributed by atoms with Gasteiger partial charge < -0.3 is 4.74 Å². The third kappa shape index (κ3) is 1.50. The van der Waals surface area contributed by atoms with Crippen LogP contribution < -0.4 is 0 Å². The van der Waals surface area contributed by atoms with Gasteiger partial charge in [0.1, 0.15) is 0 Å². The van der Waals surface area contributed by atoms with Crippen molar-refractivity contribution in [2.45, 2.75) is 18.8 Å². The van der Waals surface area contributed by atoms with Crippen molar-refractivity contribution in [3.8, 4) is 0 Å². The number of carbonyl (C=O) groups excluding carboxylic acids is 1. The lowest BCUT2D eigenvalue weighted by atomic mass is 10.1. The maximum Gasteiger partial charge on any atom is 0.361 e. The number of alkyl halides is 1. The van der Waals surface area contributed by atoms with E-state index >= 15 is 0 Å². The predicted octanol–water partition coefficient (Wildman–Crippen LogP) is 1.90. The molecule has 16 heavy (non-hydrogen) atoms. The summed E-state index contributed by atoms with van der Waals surface area (Å²) < 4.78 is 19.0. The molecule has 0 N–H and O–H groups in total. The first-order chi connectivity index (χ1) is 7.62. The number of likely N-dealkylation sites (N-methyl/N-ethyl adjacent to an activating group) is 1. The van der Waals surface area contributed by atoms with Crippen molar-refractivity contribution in [3.05, 3.63) is 35.9 Å². The molecule has 3 nitrogen and oxygen atoms in total. The zero-order valence-corrected chi connectivity index (χ0v) is 9.31. The number of benzene rings is 1. The van der Waals surface area contributed by atoms with E-state index in [1.807, 2.05) is 30.3 Å². The Morgan fingerprint density at radius 1 is 1.50 bits per heavy atom. The third-order valence-electron chi connectivity index (χ3n) is 2.87. The van der Waals surface area contributed by atoms with Crippen LogP contribution in [0.2, 0.25) is 0 Å². The molecule has 86 valence electrons. The van der Waals surface area contributed by atoms with Gasteiger partial charge in [0.05, 0.1) is 12.6 Å². The number of hydrogen-bond acceptors (Lipinski definition) is 3. The van der Waals surface area contributed by atoms with Crippen LogP contribution in [0.5, 0.6) is 0 Å². The maximum absolute atomic E-state index is 14.3. The standard InChI is InChI=1S/C12H14FNO2/c1-3-16-11(15)12(13)10(14(12)2)9-7-5-4-6-8-9/h4-8,10H,3H2,1-2H3. The quantitative estimate of drug-likeness (QED) is 0.445. The van der Waals surface area contributed by atoms with Crippen molar-refractivity contribution in [2.24, 2.45) is 0 Å². The fourth-order valence-corrected chi connectivity index (χ4v) is 1.95. The highest BCUT2D eigenvalue weighted by Gasteiger charge is 2.69. The molecule has 0 aliphatic carbocycles. The van der Waals surface area contributed by atoms with Crippen LogP contribution in [0.25, 0.3) is 0 Å². The zero-order chi connectivity index (χ0) is 11.8. The summed E-state index contributed by atoms with van der Waals surface area (Å²) in [5, 5.41) is 0. The van der Waals surface area contributed by atoms with Crippen molar-refractivity contribution in [3.63, 3.8) is 0 Å². The summed E-state index contributed by atoms with van der Waals surface area (Å²) in [6, 6.07) is 8.60. The Balaban J connectivity index is 2.19. The van der Waals surface area contributed by atoms with Crippen LogP contribution in [0.3, 0.4) is 0 Å². The van der Waals surface area contributed by atoms with E-state index in [2.05, 4.69) is 0 Å². The van der Waals surface area contributed by atoms with E-state index in [0.717, 1.165) is 5.56 Å². The Bertz CT molecular complexity index is 395. The monoisotopic (exact) mass is 223 g/mol. The SMILES string of the molecule is CCOC(=O)C1(F)C(c2ccccc2)N1C. The lowest BCUT2D eigenvalue weighted by Gasteiger charge is -2.05. The van der Waals surface area contributed by atoms with Gasteiger partial charge in [-0.25, -0.2) is 9.18 Å². The molecule has 1 aliphatic rings. The Morgan fingerprint density at radius 2 is 2.12 bits per heavy atom. The molecule has 0 amide bonds. The van der Waals surface area contributed by atoms with E-state index in [1.54, 1.807) is 14.0 Å². The number of hydrogen-bond donors (Lipinski definition) is 0. The number of carbonyl (C=O) groups is 1. The largest absolute Gasteiger partial charge is 0.463 e. The fraction of sp³-hybridized carbons (Fsp3) is 0.417. The van der Waals surface area contributed by atoms with Crippen LogP contribution in [0.15, 0.2) is 30.3 Å². The van der Waals surface area contributed by atoms with Crippen LogP contribution in [-0.4, -0.2) is 30.3 Å². The summed E-state index contributed by atoms with van der Waals surface area (Å²) in [7, 11) is 1.58.